The highest BCUT2D eigenvalue weighted by atomic mass is 19.1. The lowest BCUT2D eigenvalue weighted by atomic mass is 9.95. The molecule has 1 aromatic carbocycles. The molecule has 0 saturated heterocycles. The number of anilines is 1. The first-order valence-electron chi connectivity index (χ1n) is 7.09. The van der Waals surface area contributed by atoms with Crippen molar-refractivity contribution in [2.45, 2.75) is 31.7 Å². The maximum Gasteiger partial charge on any atom is 0.146 e. The molecule has 104 valence electrons. The number of nitrogens with zero attached hydrogens (tertiary/aromatic N) is 4. The standard InChI is InChI=1S/C14H16FN5/c15-12-4-3-11(20-8-16-18-19-20)7-14(12)17-13-6-9-1-2-10(13)5-9/h3-4,7-10,13,17H,1-2,5-6H2. The number of nitrogens with one attached hydrogen (secondary N) is 1. The lowest BCUT2D eigenvalue weighted by molar-refractivity contribution is 0.438. The van der Waals surface area contributed by atoms with Gasteiger partial charge in [-0.25, -0.2) is 9.07 Å². The van der Waals surface area contributed by atoms with Crippen LogP contribution in [0.15, 0.2) is 24.5 Å². The third-order valence-corrected chi connectivity index (χ3v) is 4.64. The topological polar surface area (TPSA) is 55.6 Å². The van der Waals surface area contributed by atoms with Crippen LogP contribution in [0.25, 0.3) is 5.69 Å². The fraction of sp³-hybridized carbons (Fsp3) is 0.500. The number of hydrogen-bond acceptors (Lipinski definition) is 4. The van der Waals surface area contributed by atoms with Gasteiger partial charge in [-0.2, -0.15) is 0 Å². The predicted molar refractivity (Wildman–Crippen MR) is 72.0 cm³/mol. The number of aromatic nitrogens is 4. The highest BCUT2D eigenvalue weighted by molar-refractivity contribution is 5.52. The molecule has 2 aliphatic carbocycles. The monoisotopic (exact) mass is 273 g/mol. The van der Waals surface area contributed by atoms with Crippen LogP contribution in [0.1, 0.15) is 25.7 Å². The number of rotatable bonds is 3. The molecule has 1 N–H and O–H groups in total. The normalized spacial score (nSPS) is 27.9. The number of benzene rings is 1. The van der Waals surface area contributed by atoms with E-state index in [-0.39, 0.29) is 5.82 Å². The van der Waals surface area contributed by atoms with Gasteiger partial charge in [-0.3, -0.25) is 0 Å². The van der Waals surface area contributed by atoms with Gasteiger partial charge in [-0.05, 0) is 59.7 Å². The molecule has 2 aliphatic rings. The van der Waals surface area contributed by atoms with E-state index in [4.69, 9.17) is 0 Å². The van der Waals surface area contributed by atoms with E-state index in [2.05, 4.69) is 20.8 Å². The van der Waals surface area contributed by atoms with E-state index in [1.54, 1.807) is 12.1 Å². The molecule has 0 aliphatic heterocycles. The van der Waals surface area contributed by atoms with Crippen LogP contribution < -0.4 is 5.32 Å². The first-order valence-corrected chi connectivity index (χ1v) is 7.09. The van der Waals surface area contributed by atoms with Crippen LogP contribution in [0.5, 0.6) is 0 Å². The van der Waals surface area contributed by atoms with Gasteiger partial charge in [0.15, 0.2) is 0 Å². The van der Waals surface area contributed by atoms with E-state index in [1.165, 1.54) is 42.8 Å². The average Bonchev–Trinajstić information content (AvgIpc) is 3.17. The van der Waals surface area contributed by atoms with Gasteiger partial charge in [0.25, 0.3) is 0 Å². The molecule has 1 heterocycles. The smallest absolute Gasteiger partial charge is 0.146 e. The summed E-state index contributed by atoms with van der Waals surface area (Å²) in [4.78, 5) is 0. The SMILES string of the molecule is Fc1ccc(-n2cnnn2)cc1NC1CC2CCC1C2. The summed E-state index contributed by atoms with van der Waals surface area (Å²) in [6.07, 6.45) is 6.59. The molecule has 5 nitrogen and oxygen atoms in total. The molecule has 2 saturated carbocycles. The third-order valence-electron chi connectivity index (χ3n) is 4.64. The number of hydrogen-bond donors (Lipinski definition) is 1. The lowest BCUT2D eigenvalue weighted by Crippen LogP contribution is -2.26. The van der Waals surface area contributed by atoms with Gasteiger partial charge in [0, 0.05) is 6.04 Å². The van der Waals surface area contributed by atoms with Crippen molar-refractivity contribution < 1.29 is 4.39 Å². The summed E-state index contributed by atoms with van der Waals surface area (Å²) >= 11 is 0. The van der Waals surface area contributed by atoms with E-state index in [0.29, 0.717) is 17.6 Å². The van der Waals surface area contributed by atoms with Gasteiger partial charge in [0.05, 0.1) is 11.4 Å². The summed E-state index contributed by atoms with van der Waals surface area (Å²) in [5.41, 5.74) is 1.32. The maximum absolute atomic E-state index is 14.0. The van der Waals surface area contributed by atoms with Crippen molar-refractivity contribution >= 4 is 5.69 Å². The Balaban J connectivity index is 1.59. The Bertz CT molecular complexity index is 612. The molecule has 0 amide bonds. The van der Waals surface area contributed by atoms with Crippen LogP contribution in [0.3, 0.4) is 0 Å². The Morgan fingerprint density at radius 2 is 2.20 bits per heavy atom. The predicted octanol–water partition coefficient (Wildman–Crippen LogP) is 2.40. The molecular formula is C14H16FN5. The molecule has 0 radical (unpaired) electrons. The number of halogens is 1. The molecule has 20 heavy (non-hydrogen) atoms. The Labute approximate surface area is 116 Å². The molecule has 6 heteroatoms. The minimum absolute atomic E-state index is 0.218. The highest BCUT2D eigenvalue weighted by Gasteiger charge is 2.39. The maximum atomic E-state index is 14.0. The second kappa shape index (κ2) is 4.54. The summed E-state index contributed by atoms with van der Waals surface area (Å²) in [5, 5.41) is 14.4. The van der Waals surface area contributed by atoms with Gasteiger partial charge in [0.1, 0.15) is 12.1 Å². The molecule has 2 fully saturated rings. The van der Waals surface area contributed by atoms with Crippen molar-refractivity contribution in [2.75, 3.05) is 5.32 Å². The summed E-state index contributed by atoms with van der Waals surface area (Å²) < 4.78 is 15.5. The molecule has 1 aromatic heterocycles. The summed E-state index contributed by atoms with van der Waals surface area (Å²) in [5.74, 6) is 1.32. The molecule has 2 aromatic rings. The zero-order valence-corrected chi connectivity index (χ0v) is 11.0. The second-order valence-corrected chi connectivity index (χ2v) is 5.84. The van der Waals surface area contributed by atoms with Crippen LogP contribution in [-0.2, 0) is 0 Å². The summed E-state index contributed by atoms with van der Waals surface area (Å²) in [6.45, 7) is 0. The van der Waals surface area contributed by atoms with Crippen molar-refractivity contribution in [3.05, 3.63) is 30.3 Å². The zero-order valence-electron chi connectivity index (χ0n) is 11.0. The Hall–Kier alpha value is -1.98. The van der Waals surface area contributed by atoms with Crippen LogP contribution in [0, 0.1) is 17.7 Å². The van der Waals surface area contributed by atoms with Crippen LogP contribution in [0.4, 0.5) is 10.1 Å². The van der Waals surface area contributed by atoms with Gasteiger partial charge < -0.3 is 5.32 Å². The Morgan fingerprint density at radius 3 is 2.90 bits per heavy atom. The van der Waals surface area contributed by atoms with E-state index < -0.39 is 0 Å². The first kappa shape index (κ1) is 11.8. The largest absolute Gasteiger partial charge is 0.380 e. The number of fused-ring (bicyclic) bond motifs is 2. The third kappa shape index (κ3) is 1.95. The fourth-order valence-corrected chi connectivity index (χ4v) is 3.67. The van der Waals surface area contributed by atoms with Crippen molar-refractivity contribution in [2.24, 2.45) is 11.8 Å². The van der Waals surface area contributed by atoms with Crippen molar-refractivity contribution in [3.8, 4) is 5.69 Å². The van der Waals surface area contributed by atoms with E-state index in [1.807, 2.05) is 0 Å². The summed E-state index contributed by atoms with van der Waals surface area (Å²) in [7, 11) is 0. The van der Waals surface area contributed by atoms with Crippen molar-refractivity contribution in [1.82, 2.24) is 20.2 Å². The average molecular weight is 273 g/mol. The second-order valence-electron chi connectivity index (χ2n) is 5.84. The number of tetrazole rings is 1. The molecule has 3 unspecified atom stereocenters. The summed E-state index contributed by atoms with van der Waals surface area (Å²) in [6, 6.07) is 5.33. The van der Waals surface area contributed by atoms with Crippen molar-refractivity contribution in [3.63, 3.8) is 0 Å². The first-order chi connectivity index (χ1) is 9.79. The van der Waals surface area contributed by atoms with Crippen LogP contribution >= 0.6 is 0 Å². The van der Waals surface area contributed by atoms with Crippen LogP contribution in [0.2, 0.25) is 0 Å². The van der Waals surface area contributed by atoms with E-state index in [9.17, 15) is 4.39 Å². The fourth-order valence-electron chi connectivity index (χ4n) is 3.67. The highest BCUT2D eigenvalue weighted by Crippen LogP contribution is 2.45. The zero-order chi connectivity index (χ0) is 13.5. The Kier molecular flexibility index (Phi) is 2.68. The van der Waals surface area contributed by atoms with Gasteiger partial charge >= 0.3 is 0 Å². The van der Waals surface area contributed by atoms with E-state index in [0.717, 1.165) is 11.6 Å². The molecule has 4 rings (SSSR count). The Morgan fingerprint density at radius 1 is 1.25 bits per heavy atom. The van der Waals surface area contributed by atoms with Gasteiger partial charge in [0.2, 0.25) is 0 Å². The minimum atomic E-state index is -0.218. The molecule has 0 spiro atoms. The molecular weight excluding hydrogens is 257 g/mol. The van der Waals surface area contributed by atoms with Gasteiger partial charge in [-0.1, -0.05) is 6.42 Å². The molecule has 3 atom stereocenters. The molecule has 2 bridgehead atoms. The van der Waals surface area contributed by atoms with Crippen LogP contribution in [-0.4, -0.2) is 26.2 Å². The minimum Gasteiger partial charge on any atom is -0.380 e. The van der Waals surface area contributed by atoms with Gasteiger partial charge in [-0.15, -0.1) is 5.10 Å². The van der Waals surface area contributed by atoms with Crippen molar-refractivity contribution in [1.29, 1.82) is 0 Å². The quantitative estimate of drug-likeness (QED) is 0.933. The van der Waals surface area contributed by atoms with E-state index >= 15 is 0 Å². The lowest BCUT2D eigenvalue weighted by Gasteiger charge is -2.24.